The topological polar surface area (TPSA) is 120 Å². The number of amides is 2. The first kappa shape index (κ1) is 24.0. The number of hydroxylamine groups is 2. The maximum atomic E-state index is 13.3. The number of morpholine rings is 1. The van der Waals surface area contributed by atoms with Crippen LogP contribution < -0.4 is 15.8 Å². The highest BCUT2D eigenvalue weighted by atomic mass is 19.4. The lowest BCUT2D eigenvalue weighted by Gasteiger charge is -2.28. The maximum Gasteiger partial charge on any atom is 0.433 e. The van der Waals surface area contributed by atoms with E-state index >= 15 is 0 Å². The summed E-state index contributed by atoms with van der Waals surface area (Å²) < 4.78 is 45.2. The first-order valence-electron chi connectivity index (χ1n) is 10.5. The minimum Gasteiger partial charge on any atom is -0.378 e. The predicted molar refractivity (Wildman–Crippen MR) is 106 cm³/mol. The molecule has 2 fully saturated rings. The third-order valence-electron chi connectivity index (χ3n) is 5.63. The minimum absolute atomic E-state index is 0.0670. The number of nitrogens with zero attached hydrogens (tertiary/aromatic N) is 4. The average Bonchev–Trinajstić information content (AvgIpc) is 3.30. The molecule has 178 valence electrons. The van der Waals surface area contributed by atoms with E-state index in [0.717, 1.165) is 31.7 Å². The minimum atomic E-state index is -4.70. The Morgan fingerprint density at radius 1 is 1.31 bits per heavy atom. The second-order valence-electron chi connectivity index (χ2n) is 7.96. The van der Waals surface area contributed by atoms with Crippen LogP contribution in [-0.4, -0.2) is 65.4 Å². The number of rotatable bonds is 9. The molecule has 3 N–H and O–H groups in total. The number of alkyl halides is 3. The zero-order valence-electron chi connectivity index (χ0n) is 17.5. The summed E-state index contributed by atoms with van der Waals surface area (Å²) in [5.74, 6) is -1.39. The summed E-state index contributed by atoms with van der Waals surface area (Å²) >= 11 is 0. The van der Waals surface area contributed by atoms with Gasteiger partial charge in [-0.25, -0.2) is 10.0 Å². The molecule has 1 saturated heterocycles. The third-order valence-corrected chi connectivity index (χ3v) is 5.63. The zero-order valence-corrected chi connectivity index (χ0v) is 17.5. The smallest absolute Gasteiger partial charge is 0.378 e. The van der Waals surface area contributed by atoms with Gasteiger partial charge >= 0.3 is 6.18 Å². The zero-order chi connectivity index (χ0) is 23.1. The SMILES string of the molecule is O=CN(O)C[C@H](CC1CCCC1)C(=O)NNc1nc(N2CCOCC2)cc(C(F)(F)F)n1. The number of aromatic nitrogens is 2. The Balaban J connectivity index is 1.72. The van der Waals surface area contributed by atoms with Crippen molar-refractivity contribution in [1.82, 2.24) is 20.5 Å². The average molecular weight is 460 g/mol. The highest BCUT2D eigenvalue weighted by Gasteiger charge is 2.35. The van der Waals surface area contributed by atoms with E-state index in [1.54, 1.807) is 4.90 Å². The van der Waals surface area contributed by atoms with E-state index in [-0.39, 0.29) is 24.7 Å². The summed E-state index contributed by atoms with van der Waals surface area (Å²) in [6.45, 7) is 1.25. The van der Waals surface area contributed by atoms with E-state index in [1.807, 2.05) is 0 Å². The first-order chi connectivity index (χ1) is 15.3. The van der Waals surface area contributed by atoms with Gasteiger partial charge in [0, 0.05) is 19.2 Å². The molecule has 10 nitrogen and oxygen atoms in total. The number of carbonyl (C=O) groups is 2. The van der Waals surface area contributed by atoms with Gasteiger partial charge in [0.15, 0.2) is 5.69 Å². The fourth-order valence-electron chi connectivity index (χ4n) is 3.99. The van der Waals surface area contributed by atoms with Gasteiger partial charge in [-0.1, -0.05) is 25.7 Å². The molecule has 1 aromatic heterocycles. The van der Waals surface area contributed by atoms with Crippen LogP contribution in [0.4, 0.5) is 24.9 Å². The molecule has 0 aromatic carbocycles. The van der Waals surface area contributed by atoms with Crippen molar-refractivity contribution in [3.8, 4) is 0 Å². The van der Waals surface area contributed by atoms with Gasteiger partial charge < -0.3 is 9.64 Å². The number of hydrazine groups is 1. The standard InChI is InChI=1S/C19H27F3N6O4/c20-19(21,22)15-10-16(27-5-7-32-8-6-27)24-18(23-15)26-25-17(30)14(11-28(31)12-29)9-13-3-1-2-4-13/h10,12-14,31H,1-9,11H2,(H,25,30)(H,23,24,26)/t14-/m0/s1. The van der Waals surface area contributed by atoms with Crippen LogP contribution in [0.2, 0.25) is 0 Å². The molecule has 2 amide bonds. The van der Waals surface area contributed by atoms with Gasteiger partial charge in [0.25, 0.3) is 0 Å². The molecule has 0 bridgehead atoms. The maximum absolute atomic E-state index is 13.3. The summed E-state index contributed by atoms with van der Waals surface area (Å²) in [7, 11) is 0. The Morgan fingerprint density at radius 2 is 2.00 bits per heavy atom. The lowest BCUT2D eigenvalue weighted by atomic mass is 9.92. The Labute approximate surface area is 183 Å². The van der Waals surface area contributed by atoms with Crippen molar-refractivity contribution in [2.45, 2.75) is 38.3 Å². The summed E-state index contributed by atoms with van der Waals surface area (Å²) in [5, 5.41) is 9.93. The normalized spacial score (nSPS) is 18.3. The monoisotopic (exact) mass is 460 g/mol. The van der Waals surface area contributed by atoms with E-state index in [1.165, 1.54) is 0 Å². The van der Waals surface area contributed by atoms with E-state index < -0.39 is 29.6 Å². The van der Waals surface area contributed by atoms with Crippen molar-refractivity contribution < 1.29 is 32.7 Å². The molecule has 2 aliphatic rings. The molecule has 0 unspecified atom stereocenters. The van der Waals surface area contributed by atoms with E-state index in [2.05, 4.69) is 20.8 Å². The van der Waals surface area contributed by atoms with Gasteiger partial charge in [-0.15, -0.1) is 0 Å². The Hall–Kier alpha value is -2.67. The van der Waals surface area contributed by atoms with Crippen LogP contribution >= 0.6 is 0 Å². The predicted octanol–water partition coefficient (Wildman–Crippen LogP) is 1.82. The van der Waals surface area contributed by atoms with Crippen molar-refractivity contribution in [1.29, 1.82) is 0 Å². The van der Waals surface area contributed by atoms with Gasteiger partial charge in [-0.3, -0.25) is 25.6 Å². The number of ether oxygens (including phenoxy) is 1. The molecular formula is C19H27F3N6O4. The van der Waals surface area contributed by atoms with Crippen LogP contribution in [0.5, 0.6) is 0 Å². The molecule has 1 atom stereocenters. The number of nitrogens with one attached hydrogen (secondary N) is 2. The summed E-state index contributed by atoms with van der Waals surface area (Å²) in [4.78, 5) is 32.7. The van der Waals surface area contributed by atoms with Crippen LogP contribution in [0.25, 0.3) is 0 Å². The molecular weight excluding hydrogens is 433 g/mol. The van der Waals surface area contributed by atoms with E-state index in [0.29, 0.717) is 37.8 Å². The summed E-state index contributed by atoms with van der Waals surface area (Å²) in [6.07, 6.45) is -0.0520. The molecule has 13 heteroatoms. The van der Waals surface area contributed by atoms with Gasteiger partial charge in [-0.05, 0) is 12.3 Å². The Morgan fingerprint density at radius 3 is 2.62 bits per heavy atom. The van der Waals surface area contributed by atoms with Crippen molar-refractivity contribution in [3.63, 3.8) is 0 Å². The molecule has 2 heterocycles. The van der Waals surface area contributed by atoms with Crippen molar-refractivity contribution >= 4 is 24.1 Å². The lowest BCUT2D eigenvalue weighted by Crippen LogP contribution is -2.41. The van der Waals surface area contributed by atoms with Gasteiger partial charge in [0.05, 0.1) is 25.7 Å². The summed E-state index contributed by atoms with van der Waals surface area (Å²) in [5.41, 5.74) is 3.56. The number of anilines is 2. The number of hydrogen-bond acceptors (Lipinski definition) is 8. The number of halogens is 3. The highest BCUT2D eigenvalue weighted by Crippen LogP contribution is 2.32. The lowest BCUT2D eigenvalue weighted by molar-refractivity contribution is -0.154. The van der Waals surface area contributed by atoms with E-state index in [9.17, 15) is 28.0 Å². The largest absolute Gasteiger partial charge is 0.433 e. The molecule has 32 heavy (non-hydrogen) atoms. The van der Waals surface area contributed by atoms with Gasteiger partial charge in [0.2, 0.25) is 18.3 Å². The first-order valence-corrected chi connectivity index (χ1v) is 10.5. The van der Waals surface area contributed by atoms with E-state index in [4.69, 9.17) is 4.74 Å². The number of carbonyl (C=O) groups excluding carboxylic acids is 2. The second kappa shape index (κ2) is 10.8. The highest BCUT2D eigenvalue weighted by molar-refractivity contribution is 5.80. The molecule has 0 spiro atoms. The molecule has 1 saturated carbocycles. The molecule has 0 radical (unpaired) electrons. The van der Waals surface area contributed by atoms with Crippen LogP contribution in [0.1, 0.15) is 37.8 Å². The molecule has 1 aliphatic carbocycles. The van der Waals surface area contributed by atoms with Crippen LogP contribution in [0.3, 0.4) is 0 Å². The molecule has 3 rings (SSSR count). The third kappa shape index (κ3) is 6.66. The van der Waals surface area contributed by atoms with Gasteiger partial charge in [0.1, 0.15) is 5.82 Å². The van der Waals surface area contributed by atoms with Crippen LogP contribution in [-0.2, 0) is 20.5 Å². The van der Waals surface area contributed by atoms with Gasteiger partial charge in [-0.2, -0.15) is 18.2 Å². The van der Waals surface area contributed by atoms with Crippen LogP contribution in [0.15, 0.2) is 6.07 Å². The fraction of sp³-hybridized carbons (Fsp3) is 0.684. The summed E-state index contributed by atoms with van der Waals surface area (Å²) in [6, 6.07) is 0.856. The second-order valence-corrected chi connectivity index (χ2v) is 7.96. The quantitative estimate of drug-likeness (QED) is 0.290. The Kier molecular flexibility index (Phi) is 8.07. The number of hydrogen-bond donors (Lipinski definition) is 3. The van der Waals surface area contributed by atoms with Crippen molar-refractivity contribution in [2.24, 2.45) is 11.8 Å². The molecule has 1 aliphatic heterocycles. The Bertz CT molecular complexity index is 785. The fourth-order valence-corrected chi connectivity index (χ4v) is 3.99. The van der Waals surface area contributed by atoms with Crippen molar-refractivity contribution in [2.75, 3.05) is 43.2 Å². The van der Waals surface area contributed by atoms with Crippen LogP contribution in [0, 0.1) is 11.8 Å². The molecule has 1 aromatic rings. The van der Waals surface area contributed by atoms with Crippen molar-refractivity contribution in [3.05, 3.63) is 11.8 Å².